The molecule has 0 N–H and O–H groups in total. The highest BCUT2D eigenvalue weighted by atomic mass is 35.5. The number of ketones is 1. The van der Waals surface area contributed by atoms with Crippen LogP contribution in [0.25, 0.3) is 0 Å². The van der Waals surface area contributed by atoms with Crippen LogP contribution in [0.4, 0.5) is 0 Å². The highest BCUT2D eigenvalue weighted by Gasteiger charge is 2.23. The second kappa shape index (κ2) is 3.54. The quantitative estimate of drug-likeness (QED) is 0.698. The minimum atomic E-state index is 0.114. The van der Waals surface area contributed by atoms with Gasteiger partial charge in [-0.1, -0.05) is 19.3 Å². The van der Waals surface area contributed by atoms with Crippen molar-refractivity contribution in [2.45, 2.75) is 25.7 Å². The zero-order chi connectivity index (χ0) is 9.26. The van der Waals surface area contributed by atoms with Gasteiger partial charge in [0.2, 0.25) is 5.22 Å². The molecule has 3 heteroatoms. The van der Waals surface area contributed by atoms with Crippen LogP contribution in [-0.2, 0) is 0 Å². The number of halogens is 1. The summed E-state index contributed by atoms with van der Waals surface area (Å²) in [7, 11) is 0. The van der Waals surface area contributed by atoms with E-state index in [1.165, 1.54) is 25.5 Å². The SMILES string of the molecule is O=C(CC1CCC1)c1ccoc1Cl. The third-order valence-electron chi connectivity index (χ3n) is 2.62. The molecule has 0 spiro atoms. The lowest BCUT2D eigenvalue weighted by molar-refractivity contribution is 0.0936. The van der Waals surface area contributed by atoms with Crippen LogP contribution >= 0.6 is 11.6 Å². The summed E-state index contributed by atoms with van der Waals surface area (Å²) >= 11 is 5.69. The van der Waals surface area contributed by atoms with E-state index in [1.54, 1.807) is 6.07 Å². The van der Waals surface area contributed by atoms with Gasteiger partial charge in [-0.25, -0.2) is 0 Å². The normalized spacial score (nSPS) is 17.0. The fraction of sp³-hybridized carbons (Fsp3) is 0.500. The van der Waals surface area contributed by atoms with E-state index in [4.69, 9.17) is 16.0 Å². The summed E-state index contributed by atoms with van der Waals surface area (Å²) in [5.74, 6) is 0.696. The lowest BCUT2D eigenvalue weighted by Gasteiger charge is -2.24. The average molecular weight is 199 g/mol. The Kier molecular flexibility index (Phi) is 2.40. The smallest absolute Gasteiger partial charge is 0.203 e. The Morgan fingerprint density at radius 1 is 1.62 bits per heavy atom. The Hall–Kier alpha value is -0.760. The predicted molar refractivity (Wildman–Crippen MR) is 50.0 cm³/mol. The van der Waals surface area contributed by atoms with Gasteiger partial charge in [0.25, 0.3) is 0 Å². The maximum absolute atomic E-state index is 11.6. The molecule has 1 saturated carbocycles. The second-order valence-corrected chi connectivity index (χ2v) is 3.88. The Morgan fingerprint density at radius 2 is 2.38 bits per heavy atom. The summed E-state index contributed by atoms with van der Waals surface area (Å²) in [6.45, 7) is 0. The largest absolute Gasteiger partial charge is 0.452 e. The molecule has 0 radical (unpaired) electrons. The summed E-state index contributed by atoms with van der Waals surface area (Å²) in [6.07, 6.45) is 5.70. The van der Waals surface area contributed by atoms with Crippen LogP contribution in [0.1, 0.15) is 36.0 Å². The zero-order valence-corrected chi connectivity index (χ0v) is 8.01. The van der Waals surface area contributed by atoms with Gasteiger partial charge in [-0.15, -0.1) is 0 Å². The first-order valence-corrected chi connectivity index (χ1v) is 4.91. The Morgan fingerprint density at radius 3 is 2.85 bits per heavy atom. The molecule has 1 heterocycles. The third-order valence-corrected chi connectivity index (χ3v) is 2.91. The molecule has 2 nitrogen and oxygen atoms in total. The molecule has 0 aromatic carbocycles. The zero-order valence-electron chi connectivity index (χ0n) is 7.25. The molecule has 1 aromatic heterocycles. The molecule has 0 saturated heterocycles. The minimum Gasteiger partial charge on any atom is -0.452 e. The molecule has 0 bridgehead atoms. The lowest BCUT2D eigenvalue weighted by Crippen LogP contribution is -2.15. The van der Waals surface area contributed by atoms with Gasteiger partial charge in [0.15, 0.2) is 5.78 Å². The molecule has 0 amide bonds. The molecular formula is C10H11ClO2. The standard InChI is InChI=1S/C10H11ClO2/c11-10-8(4-5-13-10)9(12)6-7-2-1-3-7/h4-5,7H,1-3,6H2. The lowest BCUT2D eigenvalue weighted by atomic mass is 9.81. The summed E-state index contributed by atoms with van der Waals surface area (Å²) in [5, 5.41) is 0.226. The van der Waals surface area contributed by atoms with Gasteiger partial charge in [0, 0.05) is 6.42 Å². The number of hydrogen-bond donors (Lipinski definition) is 0. The van der Waals surface area contributed by atoms with Crippen LogP contribution in [0.2, 0.25) is 5.22 Å². The first-order valence-electron chi connectivity index (χ1n) is 4.53. The van der Waals surface area contributed by atoms with Crippen molar-refractivity contribution in [1.82, 2.24) is 0 Å². The summed E-state index contributed by atoms with van der Waals surface area (Å²) in [6, 6.07) is 1.64. The number of Topliss-reactive ketones (excluding diaryl/α,β-unsaturated/α-hetero) is 1. The number of carbonyl (C=O) groups excluding carboxylic acids is 1. The second-order valence-electron chi connectivity index (χ2n) is 3.53. The molecule has 1 aromatic rings. The summed E-state index contributed by atoms with van der Waals surface area (Å²) in [5.41, 5.74) is 0.536. The molecule has 0 unspecified atom stereocenters. The maximum Gasteiger partial charge on any atom is 0.203 e. The minimum absolute atomic E-state index is 0.114. The van der Waals surface area contributed by atoms with Gasteiger partial charge in [0.05, 0.1) is 11.8 Å². The molecule has 0 aliphatic heterocycles. The number of carbonyl (C=O) groups is 1. The van der Waals surface area contributed by atoms with E-state index in [-0.39, 0.29) is 11.0 Å². The topological polar surface area (TPSA) is 30.2 Å². The van der Waals surface area contributed by atoms with E-state index in [2.05, 4.69) is 0 Å². The van der Waals surface area contributed by atoms with Crippen molar-refractivity contribution in [3.05, 3.63) is 23.1 Å². The van der Waals surface area contributed by atoms with Crippen molar-refractivity contribution in [3.63, 3.8) is 0 Å². The van der Waals surface area contributed by atoms with Crippen molar-refractivity contribution in [3.8, 4) is 0 Å². The van der Waals surface area contributed by atoms with Gasteiger partial charge >= 0.3 is 0 Å². The van der Waals surface area contributed by atoms with Crippen molar-refractivity contribution in [2.75, 3.05) is 0 Å². The third kappa shape index (κ3) is 1.78. The van der Waals surface area contributed by atoms with Crippen LogP contribution < -0.4 is 0 Å². The van der Waals surface area contributed by atoms with Crippen molar-refractivity contribution in [1.29, 1.82) is 0 Å². The predicted octanol–water partition coefficient (Wildman–Crippen LogP) is 3.31. The van der Waals surface area contributed by atoms with Gasteiger partial charge in [-0.05, 0) is 23.6 Å². The van der Waals surface area contributed by atoms with Gasteiger partial charge in [0.1, 0.15) is 0 Å². The molecule has 1 fully saturated rings. The van der Waals surface area contributed by atoms with Crippen molar-refractivity contribution < 1.29 is 9.21 Å². The first-order chi connectivity index (χ1) is 6.27. The van der Waals surface area contributed by atoms with Gasteiger partial charge in [-0.3, -0.25) is 4.79 Å². The van der Waals surface area contributed by atoms with Gasteiger partial charge in [-0.2, -0.15) is 0 Å². The number of rotatable bonds is 3. The van der Waals surface area contributed by atoms with Crippen molar-refractivity contribution >= 4 is 17.4 Å². The molecular weight excluding hydrogens is 188 g/mol. The number of hydrogen-bond acceptors (Lipinski definition) is 2. The molecule has 0 atom stereocenters. The monoisotopic (exact) mass is 198 g/mol. The molecule has 70 valence electrons. The van der Waals surface area contributed by atoms with E-state index in [1.807, 2.05) is 0 Å². The Balaban J connectivity index is 2.00. The van der Waals surface area contributed by atoms with E-state index >= 15 is 0 Å². The van der Waals surface area contributed by atoms with Crippen LogP contribution in [0.3, 0.4) is 0 Å². The van der Waals surface area contributed by atoms with E-state index in [0.717, 1.165) is 0 Å². The van der Waals surface area contributed by atoms with Crippen molar-refractivity contribution in [2.24, 2.45) is 5.92 Å². The summed E-state index contributed by atoms with van der Waals surface area (Å²) in [4.78, 5) is 11.6. The van der Waals surface area contributed by atoms with Crippen LogP contribution in [-0.4, -0.2) is 5.78 Å². The van der Waals surface area contributed by atoms with Crippen LogP contribution in [0.15, 0.2) is 16.7 Å². The molecule has 13 heavy (non-hydrogen) atoms. The van der Waals surface area contributed by atoms with E-state index < -0.39 is 0 Å². The average Bonchev–Trinajstić information content (AvgIpc) is 2.43. The van der Waals surface area contributed by atoms with Crippen LogP contribution in [0.5, 0.6) is 0 Å². The molecule has 1 aliphatic carbocycles. The van der Waals surface area contributed by atoms with E-state index in [0.29, 0.717) is 17.9 Å². The highest BCUT2D eigenvalue weighted by molar-refractivity contribution is 6.32. The van der Waals surface area contributed by atoms with Crippen LogP contribution in [0, 0.1) is 5.92 Å². The molecule has 2 rings (SSSR count). The fourth-order valence-electron chi connectivity index (χ4n) is 1.56. The Labute approximate surface area is 81.9 Å². The van der Waals surface area contributed by atoms with Gasteiger partial charge < -0.3 is 4.42 Å². The Bertz CT molecular complexity index is 312. The molecule has 1 aliphatic rings. The fourth-order valence-corrected chi connectivity index (χ4v) is 1.78. The first kappa shape index (κ1) is 8.82. The summed E-state index contributed by atoms with van der Waals surface area (Å²) < 4.78 is 4.86. The highest BCUT2D eigenvalue weighted by Crippen LogP contribution is 2.31. The number of furan rings is 1. The maximum atomic E-state index is 11.6. The van der Waals surface area contributed by atoms with E-state index in [9.17, 15) is 4.79 Å².